The fourth-order valence-electron chi connectivity index (χ4n) is 1.54. The molecule has 19 heavy (non-hydrogen) atoms. The van der Waals surface area contributed by atoms with E-state index in [-0.39, 0.29) is 12.2 Å². The number of hydrogen-bond donors (Lipinski definition) is 2. The zero-order chi connectivity index (χ0) is 14.7. The lowest BCUT2D eigenvalue weighted by Gasteiger charge is -2.26. The summed E-state index contributed by atoms with van der Waals surface area (Å²) >= 11 is 0. The van der Waals surface area contributed by atoms with Gasteiger partial charge < -0.3 is 16.2 Å². The van der Waals surface area contributed by atoms with Crippen molar-refractivity contribution >= 4 is 6.09 Å². The van der Waals surface area contributed by atoms with E-state index in [2.05, 4.69) is 4.74 Å². The first-order valence-corrected chi connectivity index (χ1v) is 5.50. The van der Waals surface area contributed by atoms with Gasteiger partial charge in [0.25, 0.3) is 0 Å². The molecule has 0 radical (unpaired) electrons. The van der Waals surface area contributed by atoms with Crippen molar-refractivity contribution in [1.29, 1.82) is 0 Å². The molecule has 0 aromatic rings. The quantitative estimate of drug-likeness (QED) is 0.829. The molecular formula is C12H15F3N2O2. The third-order valence-corrected chi connectivity index (χ3v) is 2.58. The zero-order valence-corrected chi connectivity index (χ0v) is 10.3. The van der Waals surface area contributed by atoms with Gasteiger partial charge in [-0.3, -0.25) is 0 Å². The van der Waals surface area contributed by atoms with Gasteiger partial charge in [0.2, 0.25) is 0 Å². The first kappa shape index (κ1) is 15.3. The van der Waals surface area contributed by atoms with E-state index >= 15 is 0 Å². The minimum absolute atomic E-state index is 0.242. The first-order chi connectivity index (χ1) is 8.63. The third kappa shape index (κ3) is 4.44. The number of nitrogens with two attached hydrogens (primary N) is 2. The Balaban J connectivity index is 2.98. The van der Waals surface area contributed by atoms with Gasteiger partial charge in [-0.05, 0) is 25.0 Å². The number of rotatable bonds is 3. The summed E-state index contributed by atoms with van der Waals surface area (Å²) < 4.78 is 42.7. The molecule has 4 N–H and O–H groups in total. The fourth-order valence-corrected chi connectivity index (χ4v) is 1.54. The highest BCUT2D eigenvalue weighted by Crippen LogP contribution is 2.31. The predicted octanol–water partition coefficient (Wildman–Crippen LogP) is 2.17. The summed E-state index contributed by atoms with van der Waals surface area (Å²) in [6.45, 7) is 1.17. The number of carbonyl (C=O) groups excluding carboxylic acids is 1. The van der Waals surface area contributed by atoms with Crippen LogP contribution < -0.4 is 11.5 Å². The van der Waals surface area contributed by atoms with Gasteiger partial charge in [0.1, 0.15) is 6.61 Å². The molecule has 0 saturated carbocycles. The maximum absolute atomic E-state index is 12.7. The molecule has 0 aliphatic heterocycles. The Morgan fingerprint density at radius 1 is 1.42 bits per heavy atom. The van der Waals surface area contributed by atoms with Gasteiger partial charge in [-0.15, -0.1) is 0 Å². The molecule has 0 fully saturated rings. The minimum Gasteiger partial charge on any atom is -0.447 e. The van der Waals surface area contributed by atoms with E-state index < -0.39 is 23.4 Å². The maximum atomic E-state index is 12.7. The van der Waals surface area contributed by atoms with Crippen LogP contribution in [0.15, 0.2) is 35.5 Å². The van der Waals surface area contributed by atoms with Crippen molar-refractivity contribution in [3.8, 4) is 0 Å². The first-order valence-electron chi connectivity index (χ1n) is 5.50. The van der Waals surface area contributed by atoms with Crippen LogP contribution in [-0.4, -0.2) is 24.4 Å². The molecule has 0 aromatic heterocycles. The number of hydrogen-bond acceptors (Lipinski definition) is 3. The number of primary amides is 1. The Hall–Kier alpha value is -1.76. The van der Waals surface area contributed by atoms with Crippen molar-refractivity contribution < 1.29 is 22.7 Å². The van der Waals surface area contributed by atoms with Crippen molar-refractivity contribution in [1.82, 2.24) is 0 Å². The highest BCUT2D eigenvalue weighted by Gasteiger charge is 2.34. The highest BCUT2D eigenvalue weighted by molar-refractivity contribution is 5.64. The van der Waals surface area contributed by atoms with Gasteiger partial charge in [0.15, 0.2) is 0 Å². The molecule has 106 valence electrons. The maximum Gasteiger partial charge on any atom is 0.416 e. The molecule has 1 atom stereocenters. The second kappa shape index (κ2) is 5.48. The van der Waals surface area contributed by atoms with E-state index in [1.54, 1.807) is 6.08 Å². The summed E-state index contributed by atoms with van der Waals surface area (Å²) in [5, 5.41) is 0. The van der Waals surface area contributed by atoms with Crippen molar-refractivity contribution in [3.63, 3.8) is 0 Å². The lowest BCUT2D eigenvalue weighted by Crippen LogP contribution is -2.44. The highest BCUT2D eigenvalue weighted by atomic mass is 19.4. The van der Waals surface area contributed by atoms with E-state index in [1.807, 2.05) is 0 Å². The normalized spacial score (nSPS) is 19.0. The zero-order valence-electron chi connectivity index (χ0n) is 10.3. The molecule has 0 heterocycles. The van der Waals surface area contributed by atoms with E-state index in [1.165, 1.54) is 13.0 Å². The van der Waals surface area contributed by atoms with Crippen LogP contribution in [0.2, 0.25) is 0 Å². The van der Waals surface area contributed by atoms with E-state index in [9.17, 15) is 18.0 Å². The molecule has 1 amide bonds. The van der Waals surface area contributed by atoms with Crippen LogP contribution in [0.3, 0.4) is 0 Å². The molecule has 0 bridgehead atoms. The molecule has 0 saturated heterocycles. The molecule has 1 rings (SSSR count). The van der Waals surface area contributed by atoms with Crippen LogP contribution in [-0.2, 0) is 4.74 Å². The number of allylic oxidation sites excluding steroid dienone is 4. The largest absolute Gasteiger partial charge is 0.447 e. The predicted molar refractivity (Wildman–Crippen MR) is 64.1 cm³/mol. The second-order valence-electron chi connectivity index (χ2n) is 4.42. The average Bonchev–Trinajstić information content (AvgIpc) is 2.51. The van der Waals surface area contributed by atoms with Gasteiger partial charge in [0.05, 0.1) is 11.1 Å². The summed E-state index contributed by atoms with van der Waals surface area (Å²) in [5.41, 5.74) is 8.89. The lowest BCUT2D eigenvalue weighted by molar-refractivity contribution is -0.0882. The van der Waals surface area contributed by atoms with Crippen molar-refractivity contribution in [2.24, 2.45) is 11.5 Å². The minimum atomic E-state index is -4.46. The number of alkyl halides is 3. The molecule has 0 aromatic carbocycles. The van der Waals surface area contributed by atoms with Gasteiger partial charge in [-0.1, -0.05) is 18.2 Å². The smallest absolute Gasteiger partial charge is 0.416 e. The monoisotopic (exact) mass is 276 g/mol. The van der Waals surface area contributed by atoms with Crippen LogP contribution in [0.4, 0.5) is 18.0 Å². The van der Waals surface area contributed by atoms with Gasteiger partial charge >= 0.3 is 12.3 Å². The molecule has 7 heteroatoms. The molecule has 1 unspecified atom stereocenters. The Bertz CT molecular complexity index is 448. The third-order valence-electron chi connectivity index (χ3n) is 2.58. The summed E-state index contributed by atoms with van der Waals surface area (Å²) in [4.78, 5) is 10.5. The molecule has 1 aliphatic carbocycles. The van der Waals surface area contributed by atoms with Crippen LogP contribution in [0, 0.1) is 0 Å². The Morgan fingerprint density at radius 3 is 2.58 bits per heavy atom. The van der Waals surface area contributed by atoms with Crippen molar-refractivity contribution in [2.75, 3.05) is 6.61 Å². The number of amides is 1. The Labute approximate surface area is 108 Å². The van der Waals surface area contributed by atoms with Gasteiger partial charge in [-0.2, -0.15) is 13.2 Å². The van der Waals surface area contributed by atoms with Crippen molar-refractivity contribution in [2.45, 2.75) is 25.1 Å². The summed E-state index contributed by atoms with van der Waals surface area (Å²) in [5.74, 6) is 0. The number of halogens is 3. The fraction of sp³-hybridized carbons (Fsp3) is 0.417. The van der Waals surface area contributed by atoms with E-state index in [4.69, 9.17) is 11.5 Å². The summed E-state index contributed by atoms with van der Waals surface area (Å²) in [6, 6.07) is 0. The molecule has 1 aliphatic rings. The Kier molecular flexibility index (Phi) is 4.41. The van der Waals surface area contributed by atoms with Crippen molar-refractivity contribution in [3.05, 3.63) is 35.5 Å². The molecule has 4 nitrogen and oxygen atoms in total. The summed E-state index contributed by atoms with van der Waals surface area (Å²) in [7, 11) is 0. The number of carbonyl (C=O) groups is 1. The molecular weight excluding hydrogens is 261 g/mol. The SMILES string of the molecule is CC(N)(COC(N)=O)C1=CCC=CC(C(F)(F)F)=C1. The second-order valence-corrected chi connectivity index (χ2v) is 4.42. The Morgan fingerprint density at radius 2 is 2.05 bits per heavy atom. The topological polar surface area (TPSA) is 78.3 Å². The van der Waals surface area contributed by atoms with Crippen LogP contribution in [0.1, 0.15) is 13.3 Å². The lowest BCUT2D eigenvalue weighted by atomic mass is 9.91. The van der Waals surface area contributed by atoms with E-state index in [0.717, 1.165) is 12.2 Å². The average molecular weight is 276 g/mol. The van der Waals surface area contributed by atoms with Crippen LogP contribution in [0.25, 0.3) is 0 Å². The summed E-state index contributed by atoms with van der Waals surface area (Å²) in [6.07, 6.45) is -0.279. The van der Waals surface area contributed by atoms with Gasteiger partial charge in [0, 0.05) is 0 Å². The number of ether oxygens (including phenoxy) is 1. The van der Waals surface area contributed by atoms with Crippen LogP contribution >= 0.6 is 0 Å². The van der Waals surface area contributed by atoms with Gasteiger partial charge in [-0.25, -0.2) is 4.79 Å². The molecule has 0 spiro atoms. The standard InChI is InChI=1S/C12H15F3N2O2/c1-11(17,7-19-10(16)18)8-4-2-3-5-9(6-8)12(13,14)15/h3-6H,2,7,17H2,1H3,(H2,16,18). The van der Waals surface area contributed by atoms with E-state index in [0.29, 0.717) is 6.42 Å². The van der Waals surface area contributed by atoms with Crippen LogP contribution in [0.5, 0.6) is 0 Å².